The van der Waals surface area contributed by atoms with Crippen LogP contribution in [0.2, 0.25) is 0 Å². The fraction of sp³-hybridized carbons (Fsp3) is 0. The fourth-order valence-corrected chi connectivity index (χ4v) is 10.6. The fourth-order valence-electron chi connectivity index (χ4n) is 9.30. The van der Waals surface area contributed by atoms with Crippen LogP contribution >= 0.6 is 11.3 Å². The van der Waals surface area contributed by atoms with Gasteiger partial charge in [-0.2, -0.15) is 0 Å². The van der Waals surface area contributed by atoms with Crippen LogP contribution in [0.3, 0.4) is 0 Å². The average Bonchev–Trinajstić information content (AvgIpc) is 3.85. The Bertz CT molecular complexity index is 3520. The Hall–Kier alpha value is -7.46. The Balaban J connectivity index is 1.13. The van der Waals surface area contributed by atoms with E-state index in [4.69, 9.17) is 0 Å². The first-order valence-corrected chi connectivity index (χ1v) is 21.0. The van der Waals surface area contributed by atoms with Crippen LogP contribution in [0, 0.1) is 0 Å². The quantitative estimate of drug-likeness (QED) is 0.153. The summed E-state index contributed by atoms with van der Waals surface area (Å²) >= 11 is 1.88. The Morgan fingerprint density at radius 1 is 0.373 bits per heavy atom. The van der Waals surface area contributed by atoms with Gasteiger partial charge < -0.3 is 9.47 Å². The van der Waals surface area contributed by atoms with Crippen LogP contribution in [-0.2, 0) is 0 Å². The van der Waals surface area contributed by atoms with Crippen molar-refractivity contribution in [3.63, 3.8) is 0 Å². The highest BCUT2D eigenvalue weighted by molar-refractivity contribution is 7.26. The van der Waals surface area contributed by atoms with Crippen molar-refractivity contribution in [3.05, 3.63) is 218 Å². The summed E-state index contributed by atoms with van der Waals surface area (Å²) in [5.74, 6) is 0. The number of fused-ring (bicyclic) bond motifs is 9. The highest BCUT2D eigenvalue weighted by Gasteiger charge is 2.25. The number of rotatable bonds is 6. The maximum absolute atomic E-state index is 2.47. The molecular weight excluding hydrogens is 733 g/mol. The first-order chi connectivity index (χ1) is 29.3. The van der Waals surface area contributed by atoms with Crippen molar-refractivity contribution >= 4 is 91.9 Å². The molecule has 12 rings (SSSR count). The predicted molar refractivity (Wildman–Crippen MR) is 254 cm³/mol. The minimum Gasteiger partial charge on any atom is -0.310 e. The monoisotopic (exact) mass is 768 g/mol. The summed E-state index contributed by atoms with van der Waals surface area (Å²) in [6.07, 6.45) is 0. The number of aromatic nitrogens is 1. The first-order valence-electron chi connectivity index (χ1n) is 20.2. The molecular formula is C56H36N2S. The largest absolute Gasteiger partial charge is 0.310 e. The second kappa shape index (κ2) is 13.6. The lowest BCUT2D eigenvalue weighted by atomic mass is 9.96. The topological polar surface area (TPSA) is 8.17 Å². The molecule has 0 unspecified atom stereocenters. The summed E-state index contributed by atoms with van der Waals surface area (Å²) < 4.78 is 5.02. The second-order valence-corrected chi connectivity index (χ2v) is 16.3. The molecule has 0 amide bonds. The zero-order valence-corrected chi connectivity index (χ0v) is 32.9. The van der Waals surface area contributed by atoms with Gasteiger partial charge in [0.15, 0.2) is 0 Å². The van der Waals surface area contributed by atoms with E-state index in [0.717, 1.165) is 22.7 Å². The van der Waals surface area contributed by atoms with Gasteiger partial charge in [-0.15, -0.1) is 11.3 Å². The standard InChI is InChI=1S/C56H36N2S/c1-2-17-41(18-3-1)57(42-19-14-16-39(35-42)40-32-31-38-30-29-37-15-4-5-20-43(37)49(38)36-40)53-34-33-47-46-23-9-13-28-54(46)59-56(47)55(53)48-24-8-12-27-52(48)58-50-25-10-6-21-44(50)45-22-7-11-26-51(45)58/h1-36H. The van der Waals surface area contributed by atoms with Gasteiger partial charge in [0.2, 0.25) is 0 Å². The number of nitrogens with zero attached hydrogens (tertiary/aromatic N) is 2. The predicted octanol–water partition coefficient (Wildman–Crippen LogP) is 16.3. The number of anilines is 3. The van der Waals surface area contributed by atoms with E-state index < -0.39 is 0 Å². The van der Waals surface area contributed by atoms with Crippen LogP contribution in [0.25, 0.3) is 91.5 Å². The number of para-hydroxylation sites is 4. The molecule has 10 aromatic carbocycles. The summed E-state index contributed by atoms with van der Waals surface area (Å²) in [4.78, 5) is 2.46. The van der Waals surface area contributed by atoms with Gasteiger partial charge in [-0.3, -0.25) is 0 Å². The normalized spacial score (nSPS) is 11.7. The van der Waals surface area contributed by atoms with Crippen LogP contribution < -0.4 is 4.90 Å². The van der Waals surface area contributed by atoms with Crippen LogP contribution in [0.5, 0.6) is 0 Å². The van der Waals surface area contributed by atoms with E-state index in [-0.39, 0.29) is 0 Å². The SMILES string of the molecule is c1ccc(N(c2cccc(-c3ccc4ccc5ccccc5c4c3)c2)c2ccc3c(sc4ccccc43)c2-c2ccccc2-n2c3ccccc3c3ccccc32)cc1. The summed E-state index contributed by atoms with van der Waals surface area (Å²) in [7, 11) is 0. The van der Waals surface area contributed by atoms with Gasteiger partial charge in [0.1, 0.15) is 0 Å². The van der Waals surface area contributed by atoms with Crippen molar-refractivity contribution in [2.75, 3.05) is 4.90 Å². The van der Waals surface area contributed by atoms with Gasteiger partial charge in [0.05, 0.1) is 22.4 Å². The van der Waals surface area contributed by atoms with E-state index in [1.54, 1.807) is 0 Å². The molecule has 276 valence electrons. The molecule has 0 atom stereocenters. The molecule has 0 radical (unpaired) electrons. The molecule has 0 fully saturated rings. The van der Waals surface area contributed by atoms with E-state index in [9.17, 15) is 0 Å². The molecule has 0 aliphatic heterocycles. The lowest BCUT2D eigenvalue weighted by Gasteiger charge is -2.29. The van der Waals surface area contributed by atoms with Gasteiger partial charge in [0, 0.05) is 53.4 Å². The van der Waals surface area contributed by atoms with Crippen LogP contribution in [0.15, 0.2) is 218 Å². The smallest absolute Gasteiger partial charge is 0.0555 e. The van der Waals surface area contributed by atoms with Gasteiger partial charge in [-0.25, -0.2) is 0 Å². The van der Waals surface area contributed by atoms with Gasteiger partial charge in [0.25, 0.3) is 0 Å². The summed E-state index contributed by atoms with van der Waals surface area (Å²) in [6, 6.07) is 80.0. The minimum absolute atomic E-state index is 1.10. The Morgan fingerprint density at radius 3 is 1.80 bits per heavy atom. The Kier molecular flexibility index (Phi) is 7.75. The second-order valence-electron chi connectivity index (χ2n) is 15.3. The van der Waals surface area contributed by atoms with Gasteiger partial charge in [-0.05, 0) is 93.3 Å². The van der Waals surface area contributed by atoms with Crippen molar-refractivity contribution in [3.8, 4) is 27.9 Å². The van der Waals surface area contributed by atoms with Crippen molar-refractivity contribution in [2.24, 2.45) is 0 Å². The molecule has 0 saturated carbocycles. The van der Waals surface area contributed by atoms with E-state index >= 15 is 0 Å². The molecule has 0 aliphatic rings. The van der Waals surface area contributed by atoms with Crippen molar-refractivity contribution in [1.29, 1.82) is 0 Å². The molecule has 2 nitrogen and oxygen atoms in total. The third kappa shape index (κ3) is 5.40. The summed E-state index contributed by atoms with van der Waals surface area (Å²) in [5.41, 5.74) is 11.6. The number of hydrogen-bond donors (Lipinski definition) is 0. The summed E-state index contributed by atoms with van der Waals surface area (Å²) in [6.45, 7) is 0. The molecule has 3 heteroatoms. The molecule has 0 saturated heterocycles. The van der Waals surface area contributed by atoms with Gasteiger partial charge >= 0.3 is 0 Å². The third-order valence-corrected chi connectivity index (χ3v) is 13.2. The Labute approximate surface area is 346 Å². The molecule has 2 aromatic heterocycles. The molecule has 0 bridgehead atoms. The zero-order chi connectivity index (χ0) is 38.9. The van der Waals surface area contributed by atoms with Crippen molar-refractivity contribution < 1.29 is 0 Å². The molecule has 59 heavy (non-hydrogen) atoms. The lowest BCUT2D eigenvalue weighted by Crippen LogP contribution is -2.12. The zero-order valence-electron chi connectivity index (χ0n) is 32.1. The minimum atomic E-state index is 1.10. The number of thiophene rings is 1. The molecule has 0 N–H and O–H groups in total. The molecule has 0 spiro atoms. The van der Waals surface area contributed by atoms with Gasteiger partial charge in [-0.1, -0.05) is 158 Å². The van der Waals surface area contributed by atoms with Crippen LogP contribution in [0.4, 0.5) is 17.1 Å². The molecule has 12 aromatic rings. The van der Waals surface area contributed by atoms with Crippen LogP contribution in [-0.4, -0.2) is 4.57 Å². The molecule has 0 aliphatic carbocycles. The highest BCUT2D eigenvalue weighted by atomic mass is 32.1. The first kappa shape index (κ1) is 33.7. The third-order valence-electron chi connectivity index (χ3n) is 12.0. The van der Waals surface area contributed by atoms with Crippen LogP contribution in [0.1, 0.15) is 0 Å². The van der Waals surface area contributed by atoms with E-state index in [2.05, 4.69) is 228 Å². The lowest BCUT2D eigenvalue weighted by molar-refractivity contribution is 1.18. The Morgan fingerprint density at radius 2 is 0.983 bits per heavy atom. The maximum Gasteiger partial charge on any atom is 0.0555 e. The average molecular weight is 769 g/mol. The van der Waals surface area contributed by atoms with Crippen molar-refractivity contribution in [1.82, 2.24) is 4.57 Å². The number of benzene rings is 10. The highest BCUT2D eigenvalue weighted by Crippen LogP contribution is 2.50. The van der Waals surface area contributed by atoms with E-state index in [1.165, 1.54) is 85.8 Å². The molecule has 2 heterocycles. The van der Waals surface area contributed by atoms with E-state index in [1.807, 2.05) is 11.3 Å². The van der Waals surface area contributed by atoms with Crippen molar-refractivity contribution in [2.45, 2.75) is 0 Å². The van der Waals surface area contributed by atoms with E-state index in [0.29, 0.717) is 0 Å². The maximum atomic E-state index is 2.47. The summed E-state index contributed by atoms with van der Waals surface area (Å²) in [5, 5.41) is 10.1. The number of hydrogen-bond acceptors (Lipinski definition) is 2.